The van der Waals surface area contributed by atoms with Crippen molar-refractivity contribution in [1.29, 1.82) is 0 Å². The van der Waals surface area contributed by atoms with Crippen LogP contribution in [0.15, 0.2) is 42.6 Å². The van der Waals surface area contributed by atoms with Crippen molar-refractivity contribution >= 4 is 6.03 Å². The van der Waals surface area contributed by atoms with Crippen molar-refractivity contribution in [1.82, 2.24) is 20.5 Å². The molecule has 25 heavy (non-hydrogen) atoms. The van der Waals surface area contributed by atoms with Gasteiger partial charge in [0.2, 0.25) is 5.88 Å². The van der Waals surface area contributed by atoms with E-state index in [1.165, 1.54) is 5.56 Å². The van der Waals surface area contributed by atoms with E-state index in [0.717, 1.165) is 17.7 Å². The first-order valence-electron chi connectivity index (χ1n) is 8.39. The second kappa shape index (κ2) is 9.64. The van der Waals surface area contributed by atoms with Crippen LogP contribution in [0.2, 0.25) is 0 Å². The van der Waals surface area contributed by atoms with Gasteiger partial charge >= 0.3 is 6.03 Å². The van der Waals surface area contributed by atoms with Gasteiger partial charge in [-0.25, -0.2) is 9.78 Å². The van der Waals surface area contributed by atoms with Gasteiger partial charge in [-0.3, -0.25) is 0 Å². The van der Waals surface area contributed by atoms with Crippen LogP contribution in [0.1, 0.15) is 23.6 Å². The minimum absolute atomic E-state index is 0.219. The molecule has 0 bridgehead atoms. The lowest BCUT2D eigenvalue weighted by atomic mass is 10.1. The third-order valence-corrected chi connectivity index (χ3v) is 3.55. The maximum absolute atomic E-state index is 12.0. The van der Waals surface area contributed by atoms with E-state index in [1.54, 1.807) is 6.20 Å². The van der Waals surface area contributed by atoms with Crippen LogP contribution in [0.3, 0.4) is 0 Å². The van der Waals surface area contributed by atoms with Gasteiger partial charge in [-0.2, -0.15) is 0 Å². The highest BCUT2D eigenvalue weighted by Crippen LogP contribution is 2.13. The number of pyridine rings is 1. The lowest BCUT2D eigenvalue weighted by Crippen LogP contribution is -2.34. The maximum Gasteiger partial charge on any atom is 0.315 e. The molecule has 2 N–H and O–H groups in total. The number of hydrogen-bond donors (Lipinski definition) is 2. The van der Waals surface area contributed by atoms with Gasteiger partial charge in [0, 0.05) is 31.4 Å². The van der Waals surface area contributed by atoms with Gasteiger partial charge in [-0.15, -0.1) is 0 Å². The minimum atomic E-state index is -0.219. The molecule has 1 aromatic heterocycles. The van der Waals surface area contributed by atoms with Crippen molar-refractivity contribution in [2.75, 3.05) is 20.7 Å². The number of benzene rings is 1. The fourth-order valence-corrected chi connectivity index (χ4v) is 2.37. The molecular weight excluding hydrogens is 316 g/mol. The number of nitrogens with zero attached hydrogens (tertiary/aromatic N) is 2. The normalized spacial score (nSPS) is 10.6. The lowest BCUT2D eigenvalue weighted by Gasteiger charge is -2.12. The number of carbonyl (C=O) groups is 1. The zero-order valence-electron chi connectivity index (χ0n) is 15.1. The Morgan fingerprint density at radius 1 is 1.08 bits per heavy atom. The highest BCUT2D eigenvalue weighted by molar-refractivity contribution is 5.73. The summed E-state index contributed by atoms with van der Waals surface area (Å²) in [6.45, 7) is 4.21. The van der Waals surface area contributed by atoms with Crippen molar-refractivity contribution in [3.8, 4) is 5.88 Å². The number of urea groups is 1. The zero-order chi connectivity index (χ0) is 18.1. The van der Waals surface area contributed by atoms with E-state index >= 15 is 0 Å². The van der Waals surface area contributed by atoms with Gasteiger partial charge in [0.05, 0.1) is 6.61 Å². The number of carbonyl (C=O) groups excluding carboxylic acids is 1. The van der Waals surface area contributed by atoms with E-state index in [0.29, 0.717) is 25.6 Å². The van der Waals surface area contributed by atoms with E-state index in [9.17, 15) is 4.79 Å². The zero-order valence-corrected chi connectivity index (χ0v) is 15.1. The largest absolute Gasteiger partial charge is 0.478 e. The van der Waals surface area contributed by atoms with Gasteiger partial charge in [0.25, 0.3) is 0 Å². The van der Waals surface area contributed by atoms with E-state index < -0.39 is 0 Å². The van der Waals surface area contributed by atoms with Gasteiger partial charge < -0.3 is 20.3 Å². The predicted octanol–water partition coefficient (Wildman–Crippen LogP) is 2.54. The Balaban J connectivity index is 1.79. The summed E-state index contributed by atoms with van der Waals surface area (Å²) in [7, 11) is 4.08. The molecule has 0 aliphatic heterocycles. The van der Waals surface area contributed by atoms with Crippen LogP contribution in [0.5, 0.6) is 5.88 Å². The van der Waals surface area contributed by atoms with E-state index in [1.807, 2.05) is 45.3 Å². The minimum Gasteiger partial charge on any atom is -0.478 e. The molecule has 0 spiro atoms. The molecule has 0 atom stereocenters. The monoisotopic (exact) mass is 342 g/mol. The summed E-state index contributed by atoms with van der Waals surface area (Å²) in [5.41, 5.74) is 3.17. The van der Waals surface area contributed by atoms with Crippen LogP contribution in [-0.4, -0.2) is 36.6 Å². The first kappa shape index (κ1) is 18.7. The number of amides is 2. The van der Waals surface area contributed by atoms with Gasteiger partial charge in [0.15, 0.2) is 0 Å². The Hall–Kier alpha value is -2.60. The van der Waals surface area contributed by atoms with E-state index in [2.05, 4.69) is 32.7 Å². The second-order valence-electron chi connectivity index (χ2n) is 5.99. The molecule has 1 aromatic carbocycles. The van der Waals surface area contributed by atoms with Crippen molar-refractivity contribution < 1.29 is 9.53 Å². The Bertz CT molecular complexity index is 671. The van der Waals surface area contributed by atoms with Crippen molar-refractivity contribution in [2.45, 2.75) is 26.6 Å². The first-order valence-corrected chi connectivity index (χ1v) is 8.39. The molecule has 0 radical (unpaired) electrons. The van der Waals surface area contributed by atoms with Crippen LogP contribution in [0.4, 0.5) is 4.79 Å². The highest BCUT2D eigenvalue weighted by Gasteiger charge is 2.06. The summed E-state index contributed by atoms with van der Waals surface area (Å²) in [5.74, 6) is 0.557. The number of ether oxygens (including phenoxy) is 1. The van der Waals surface area contributed by atoms with Gasteiger partial charge in [0.1, 0.15) is 0 Å². The summed E-state index contributed by atoms with van der Waals surface area (Å²) in [6, 6.07) is 11.7. The lowest BCUT2D eigenvalue weighted by molar-refractivity contribution is 0.240. The fourth-order valence-electron chi connectivity index (χ4n) is 2.37. The average Bonchev–Trinajstić information content (AvgIpc) is 2.60. The Morgan fingerprint density at radius 3 is 2.44 bits per heavy atom. The maximum atomic E-state index is 12.0. The smallest absolute Gasteiger partial charge is 0.315 e. The van der Waals surface area contributed by atoms with Crippen LogP contribution >= 0.6 is 0 Å². The number of rotatable bonds is 8. The van der Waals surface area contributed by atoms with Crippen LogP contribution < -0.4 is 15.4 Å². The fraction of sp³-hybridized carbons (Fsp3) is 0.368. The number of hydrogen-bond acceptors (Lipinski definition) is 4. The molecule has 0 aliphatic carbocycles. The molecule has 0 unspecified atom stereocenters. The predicted molar refractivity (Wildman–Crippen MR) is 98.3 cm³/mol. The molecule has 1 heterocycles. The van der Waals surface area contributed by atoms with E-state index in [4.69, 9.17) is 4.74 Å². The van der Waals surface area contributed by atoms with Crippen molar-refractivity contribution in [3.05, 3.63) is 59.3 Å². The van der Waals surface area contributed by atoms with Crippen molar-refractivity contribution in [3.63, 3.8) is 0 Å². The Morgan fingerprint density at radius 2 is 1.76 bits per heavy atom. The molecule has 0 fully saturated rings. The molecule has 0 saturated carbocycles. The van der Waals surface area contributed by atoms with Crippen LogP contribution in [0.25, 0.3) is 0 Å². The first-order chi connectivity index (χ1) is 12.1. The summed E-state index contributed by atoms with van der Waals surface area (Å²) in [5, 5.41) is 5.69. The molecule has 6 nitrogen and oxygen atoms in total. The molecule has 134 valence electrons. The van der Waals surface area contributed by atoms with Crippen LogP contribution in [0, 0.1) is 0 Å². The Labute approximate surface area is 149 Å². The van der Waals surface area contributed by atoms with Crippen LogP contribution in [-0.2, 0) is 19.6 Å². The standard InChI is InChI=1S/C19H26N4O2/c1-4-25-18-17(6-5-11-20-18)13-22-19(24)21-12-15-7-9-16(10-8-15)14-23(2)3/h5-11H,4,12-14H2,1-3H3,(H2,21,22,24). The molecular formula is C19H26N4O2. The summed E-state index contributed by atoms with van der Waals surface area (Å²) in [4.78, 5) is 18.3. The summed E-state index contributed by atoms with van der Waals surface area (Å²) in [6.07, 6.45) is 1.68. The third kappa shape index (κ3) is 6.43. The third-order valence-electron chi connectivity index (χ3n) is 3.55. The molecule has 2 amide bonds. The average molecular weight is 342 g/mol. The summed E-state index contributed by atoms with van der Waals surface area (Å²) >= 11 is 0. The summed E-state index contributed by atoms with van der Waals surface area (Å²) < 4.78 is 5.45. The van der Waals surface area contributed by atoms with Crippen molar-refractivity contribution in [2.24, 2.45) is 0 Å². The molecule has 0 aliphatic rings. The van der Waals surface area contributed by atoms with Gasteiger partial charge in [-0.1, -0.05) is 30.3 Å². The SMILES string of the molecule is CCOc1ncccc1CNC(=O)NCc1ccc(CN(C)C)cc1. The topological polar surface area (TPSA) is 66.5 Å². The van der Waals surface area contributed by atoms with Gasteiger partial charge in [-0.05, 0) is 38.2 Å². The molecule has 0 saturated heterocycles. The molecule has 2 rings (SSSR count). The quantitative estimate of drug-likeness (QED) is 0.774. The number of nitrogens with one attached hydrogen (secondary N) is 2. The van der Waals surface area contributed by atoms with E-state index in [-0.39, 0.29) is 6.03 Å². The second-order valence-corrected chi connectivity index (χ2v) is 5.99. The molecule has 6 heteroatoms. The number of aromatic nitrogens is 1. The Kier molecular flexibility index (Phi) is 7.22. The molecule has 2 aromatic rings. The highest BCUT2D eigenvalue weighted by atomic mass is 16.5.